The van der Waals surface area contributed by atoms with Crippen LogP contribution in [-0.2, 0) is 22.7 Å². The van der Waals surface area contributed by atoms with Gasteiger partial charge in [-0.15, -0.1) is 0 Å². The van der Waals surface area contributed by atoms with E-state index in [1.54, 1.807) is 6.07 Å². The highest BCUT2D eigenvalue weighted by Crippen LogP contribution is 2.37. The molecule has 0 spiro atoms. The molecule has 0 bridgehead atoms. The molecule has 0 amide bonds. The van der Waals surface area contributed by atoms with Crippen LogP contribution in [0.2, 0.25) is 0 Å². The van der Waals surface area contributed by atoms with Crippen molar-refractivity contribution in [1.29, 1.82) is 0 Å². The van der Waals surface area contributed by atoms with Crippen LogP contribution in [0.15, 0.2) is 72.1 Å². The second-order valence-electron chi connectivity index (χ2n) is 6.48. The molecule has 0 aliphatic carbocycles. The number of benzene rings is 1. The maximum absolute atomic E-state index is 13.4. The van der Waals surface area contributed by atoms with E-state index in [1.807, 2.05) is 0 Å². The number of nitrogens with zero attached hydrogens (tertiary/aromatic N) is 3. The highest BCUT2D eigenvalue weighted by atomic mass is 32.2. The predicted octanol–water partition coefficient (Wildman–Crippen LogP) is 3.81. The Balaban J connectivity index is 1.98. The van der Waals surface area contributed by atoms with E-state index < -0.39 is 21.9 Å². The van der Waals surface area contributed by atoms with Crippen molar-refractivity contribution >= 4 is 20.9 Å². The Labute approximate surface area is 169 Å². The van der Waals surface area contributed by atoms with Crippen LogP contribution in [0.25, 0.3) is 22.0 Å². The first-order valence-corrected chi connectivity index (χ1v) is 10.2. The molecule has 1 aromatic carbocycles. The summed E-state index contributed by atoms with van der Waals surface area (Å²) >= 11 is 0. The zero-order chi connectivity index (χ0) is 21.5. The van der Waals surface area contributed by atoms with Crippen molar-refractivity contribution < 1.29 is 21.6 Å². The fraction of sp³-hybridized carbons (Fsp3) is 0.100. The molecule has 0 saturated heterocycles. The van der Waals surface area contributed by atoms with Gasteiger partial charge in [0.1, 0.15) is 4.90 Å². The van der Waals surface area contributed by atoms with Crippen molar-refractivity contribution in [3.63, 3.8) is 0 Å². The van der Waals surface area contributed by atoms with Crippen LogP contribution in [0.1, 0.15) is 11.3 Å². The Morgan fingerprint density at radius 1 is 1.07 bits per heavy atom. The van der Waals surface area contributed by atoms with Gasteiger partial charge in [0.2, 0.25) is 0 Å². The molecule has 0 unspecified atom stereocenters. The van der Waals surface area contributed by atoms with Gasteiger partial charge >= 0.3 is 6.18 Å². The molecule has 30 heavy (non-hydrogen) atoms. The van der Waals surface area contributed by atoms with Crippen LogP contribution in [0, 0.1) is 0 Å². The van der Waals surface area contributed by atoms with Crippen molar-refractivity contribution in [2.75, 3.05) is 0 Å². The fourth-order valence-corrected chi connectivity index (χ4v) is 4.62. The van der Waals surface area contributed by atoms with Crippen molar-refractivity contribution in [2.24, 2.45) is 5.73 Å². The summed E-state index contributed by atoms with van der Waals surface area (Å²) < 4.78 is 67.5. The lowest BCUT2D eigenvalue weighted by atomic mass is 10.0. The van der Waals surface area contributed by atoms with Gasteiger partial charge in [0.25, 0.3) is 10.0 Å². The van der Waals surface area contributed by atoms with Gasteiger partial charge in [0.15, 0.2) is 5.69 Å². The summed E-state index contributed by atoms with van der Waals surface area (Å²) in [7, 11) is -4.03. The fourth-order valence-electron chi connectivity index (χ4n) is 3.27. The second-order valence-corrected chi connectivity index (χ2v) is 8.29. The smallest absolute Gasteiger partial charge is 0.326 e. The molecule has 4 aromatic rings. The number of hydrogen-bond acceptors (Lipinski definition) is 5. The molecule has 3 heterocycles. The summed E-state index contributed by atoms with van der Waals surface area (Å²) in [6, 6.07) is 10.0. The predicted molar refractivity (Wildman–Crippen MR) is 105 cm³/mol. The molecule has 2 N–H and O–H groups in total. The van der Waals surface area contributed by atoms with Crippen molar-refractivity contribution in [2.45, 2.75) is 17.6 Å². The minimum atomic E-state index is -4.66. The van der Waals surface area contributed by atoms with Gasteiger partial charge in [-0.2, -0.15) is 13.2 Å². The Bertz CT molecular complexity index is 1330. The van der Waals surface area contributed by atoms with E-state index in [4.69, 9.17) is 5.73 Å². The first-order chi connectivity index (χ1) is 14.2. The third kappa shape index (κ3) is 3.33. The molecule has 3 aromatic heterocycles. The number of fused-ring (bicyclic) bond motifs is 1. The summed E-state index contributed by atoms with van der Waals surface area (Å²) in [6.07, 6.45) is 0.433. The Morgan fingerprint density at radius 3 is 2.50 bits per heavy atom. The summed E-state index contributed by atoms with van der Waals surface area (Å²) in [4.78, 5) is 7.26. The largest absolute Gasteiger partial charge is 0.433 e. The normalized spacial score (nSPS) is 12.4. The first kappa shape index (κ1) is 20.0. The van der Waals surface area contributed by atoms with Gasteiger partial charge in [-0.3, -0.25) is 9.97 Å². The average molecular weight is 432 g/mol. The standard InChI is InChI=1S/C20H15F3N4O2S/c21-20(22,23)19-17(4-2-8-26-19)13-5-6-16-14(10-24)12-27(18(16)9-13)30(28,29)15-3-1-7-25-11-15/h1-9,11-12H,10,24H2. The SMILES string of the molecule is NCc1cn(S(=O)(=O)c2cccnc2)c2cc(-c3cccnc3C(F)(F)F)ccc12. The first-order valence-electron chi connectivity index (χ1n) is 8.75. The van der Waals surface area contributed by atoms with E-state index in [1.165, 1.54) is 55.0 Å². The molecular formula is C20H15F3N4O2S. The molecule has 10 heteroatoms. The summed E-state index contributed by atoms with van der Waals surface area (Å²) in [5, 5.41) is 0.533. The monoisotopic (exact) mass is 432 g/mol. The van der Waals surface area contributed by atoms with Crippen LogP contribution in [-0.4, -0.2) is 22.4 Å². The molecule has 4 rings (SSSR count). The lowest BCUT2D eigenvalue weighted by molar-refractivity contribution is -0.140. The molecule has 154 valence electrons. The van der Waals surface area contributed by atoms with Gasteiger partial charge < -0.3 is 5.73 Å². The number of aromatic nitrogens is 3. The summed E-state index contributed by atoms with van der Waals surface area (Å²) in [5.41, 5.74) is 5.52. The van der Waals surface area contributed by atoms with E-state index in [-0.39, 0.29) is 28.1 Å². The molecule has 0 radical (unpaired) electrons. The molecule has 6 nitrogen and oxygen atoms in total. The number of rotatable bonds is 4. The molecule has 0 aliphatic rings. The lowest BCUT2D eigenvalue weighted by Gasteiger charge is -2.12. The van der Waals surface area contributed by atoms with Crippen LogP contribution in [0.3, 0.4) is 0 Å². The van der Waals surface area contributed by atoms with E-state index in [0.717, 1.165) is 10.2 Å². The van der Waals surface area contributed by atoms with Gasteiger partial charge in [0, 0.05) is 42.3 Å². The minimum Gasteiger partial charge on any atom is -0.326 e. The van der Waals surface area contributed by atoms with Gasteiger partial charge in [0.05, 0.1) is 5.52 Å². The van der Waals surface area contributed by atoms with E-state index >= 15 is 0 Å². The molecule has 0 fully saturated rings. The number of alkyl halides is 3. The minimum absolute atomic E-state index is 0.0479. The Hall–Kier alpha value is -3.24. The topological polar surface area (TPSA) is 90.9 Å². The number of halogens is 3. The highest BCUT2D eigenvalue weighted by molar-refractivity contribution is 7.90. The number of pyridine rings is 2. The zero-order valence-corrected chi connectivity index (χ0v) is 16.2. The van der Waals surface area contributed by atoms with E-state index in [0.29, 0.717) is 10.9 Å². The number of nitrogens with two attached hydrogens (primary N) is 1. The van der Waals surface area contributed by atoms with Crippen molar-refractivity contribution in [3.8, 4) is 11.1 Å². The van der Waals surface area contributed by atoms with E-state index in [9.17, 15) is 21.6 Å². The van der Waals surface area contributed by atoms with Crippen LogP contribution < -0.4 is 5.73 Å². The molecule has 0 aliphatic heterocycles. The number of hydrogen-bond donors (Lipinski definition) is 1. The molecule has 0 atom stereocenters. The average Bonchev–Trinajstić information content (AvgIpc) is 3.12. The van der Waals surface area contributed by atoms with Crippen LogP contribution >= 0.6 is 0 Å². The Morgan fingerprint density at radius 2 is 1.83 bits per heavy atom. The molecular weight excluding hydrogens is 417 g/mol. The zero-order valence-electron chi connectivity index (χ0n) is 15.3. The van der Waals surface area contributed by atoms with Crippen molar-refractivity contribution in [3.05, 3.63) is 78.5 Å². The highest BCUT2D eigenvalue weighted by Gasteiger charge is 2.35. The maximum atomic E-state index is 13.4. The second kappa shape index (κ2) is 7.22. The summed E-state index contributed by atoms with van der Waals surface area (Å²) in [6.45, 7) is 0.0616. The maximum Gasteiger partial charge on any atom is 0.433 e. The van der Waals surface area contributed by atoms with E-state index in [2.05, 4.69) is 9.97 Å². The van der Waals surface area contributed by atoms with Crippen LogP contribution in [0.4, 0.5) is 13.2 Å². The van der Waals surface area contributed by atoms with Crippen molar-refractivity contribution in [1.82, 2.24) is 13.9 Å². The van der Waals surface area contributed by atoms with Gasteiger partial charge in [-0.1, -0.05) is 18.2 Å². The Kier molecular flexibility index (Phi) is 4.83. The quantitative estimate of drug-likeness (QED) is 0.530. The third-order valence-corrected chi connectivity index (χ3v) is 6.31. The molecule has 0 saturated carbocycles. The van der Waals surface area contributed by atoms with Gasteiger partial charge in [-0.05, 0) is 35.4 Å². The van der Waals surface area contributed by atoms with Gasteiger partial charge in [-0.25, -0.2) is 12.4 Å². The summed E-state index contributed by atoms with van der Waals surface area (Å²) in [5.74, 6) is 0. The third-order valence-electron chi connectivity index (χ3n) is 4.65. The van der Waals surface area contributed by atoms with Crippen LogP contribution in [0.5, 0.6) is 0 Å². The lowest BCUT2D eigenvalue weighted by Crippen LogP contribution is -2.12.